The van der Waals surface area contributed by atoms with Gasteiger partial charge in [0.15, 0.2) is 0 Å². The fraction of sp³-hybridized carbons (Fsp3) is 0.688. The second kappa shape index (κ2) is 6.46. The third-order valence-electron chi connectivity index (χ3n) is 4.40. The molecule has 0 aromatic carbocycles. The van der Waals surface area contributed by atoms with E-state index < -0.39 is 0 Å². The van der Waals surface area contributed by atoms with Crippen molar-refractivity contribution in [3.8, 4) is 0 Å². The van der Waals surface area contributed by atoms with Crippen molar-refractivity contribution in [2.24, 2.45) is 5.92 Å². The average Bonchev–Trinajstić information content (AvgIpc) is 3.09. The lowest BCUT2D eigenvalue weighted by Gasteiger charge is -2.30. The zero-order valence-electron chi connectivity index (χ0n) is 12.7. The summed E-state index contributed by atoms with van der Waals surface area (Å²) < 4.78 is 5.83. The van der Waals surface area contributed by atoms with Gasteiger partial charge in [-0.2, -0.15) is 11.3 Å². The summed E-state index contributed by atoms with van der Waals surface area (Å²) in [6.45, 7) is 5.73. The first-order valence-corrected chi connectivity index (χ1v) is 8.81. The number of carbonyl (C=O) groups is 1. The van der Waals surface area contributed by atoms with Gasteiger partial charge < -0.3 is 9.64 Å². The SMILES string of the molecule is CC(C)C1NC(c2ccsc2)N(CC2CCCCO2)C1=O. The fourth-order valence-corrected chi connectivity index (χ4v) is 3.87. The Bertz CT molecular complexity index is 469. The van der Waals surface area contributed by atoms with Gasteiger partial charge in [0, 0.05) is 13.2 Å². The summed E-state index contributed by atoms with van der Waals surface area (Å²) in [6, 6.07) is 2.02. The molecular formula is C16H24N2O2S. The normalized spacial score (nSPS) is 30.3. The molecule has 0 bridgehead atoms. The Morgan fingerprint density at radius 1 is 1.48 bits per heavy atom. The Morgan fingerprint density at radius 2 is 2.33 bits per heavy atom. The number of thiophene rings is 1. The number of nitrogens with one attached hydrogen (secondary N) is 1. The van der Waals surface area contributed by atoms with Gasteiger partial charge in [-0.15, -0.1) is 0 Å². The summed E-state index contributed by atoms with van der Waals surface area (Å²) >= 11 is 1.68. The van der Waals surface area contributed by atoms with Crippen molar-refractivity contribution in [1.29, 1.82) is 0 Å². The minimum Gasteiger partial charge on any atom is -0.376 e. The van der Waals surface area contributed by atoms with Crippen LogP contribution >= 0.6 is 11.3 Å². The molecule has 3 heterocycles. The molecule has 0 spiro atoms. The van der Waals surface area contributed by atoms with Crippen LogP contribution in [0.5, 0.6) is 0 Å². The van der Waals surface area contributed by atoms with E-state index in [4.69, 9.17) is 4.74 Å². The minimum absolute atomic E-state index is 0.00155. The van der Waals surface area contributed by atoms with Crippen LogP contribution in [0.2, 0.25) is 0 Å². The summed E-state index contributed by atoms with van der Waals surface area (Å²) in [5.74, 6) is 0.520. The van der Waals surface area contributed by atoms with E-state index in [0.717, 1.165) is 19.4 Å². The molecule has 0 saturated carbocycles. The summed E-state index contributed by atoms with van der Waals surface area (Å²) in [5.41, 5.74) is 1.19. The first-order valence-electron chi connectivity index (χ1n) is 7.87. The van der Waals surface area contributed by atoms with E-state index in [1.54, 1.807) is 11.3 Å². The van der Waals surface area contributed by atoms with Crippen LogP contribution < -0.4 is 5.32 Å². The Hall–Kier alpha value is -0.910. The predicted octanol–water partition coefficient (Wildman–Crippen LogP) is 2.77. The standard InChI is InChI=1S/C16H24N2O2S/c1-11(2)14-16(19)18(9-13-5-3-4-7-20-13)15(17-14)12-6-8-21-10-12/h6,8,10-11,13-15,17H,3-5,7,9H2,1-2H3. The molecule has 2 aliphatic rings. The van der Waals surface area contributed by atoms with E-state index in [9.17, 15) is 4.79 Å². The van der Waals surface area contributed by atoms with Gasteiger partial charge in [0.25, 0.3) is 0 Å². The molecule has 0 aliphatic carbocycles. The molecule has 3 rings (SSSR count). The van der Waals surface area contributed by atoms with E-state index in [0.29, 0.717) is 12.5 Å². The molecule has 1 aromatic heterocycles. The molecule has 2 aliphatic heterocycles. The zero-order valence-corrected chi connectivity index (χ0v) is 13.6. The summed E-state index contributed by atoms with van der Waals surface area (Å²) in [5, 5.41) is 7.71. The van der Waals surface area contributed by atoms with E-state index >= 15 is 0 Å². The van der Waals surface area contributed by atoms with E-state index in [2.05, 4.69) is 36.0 Å². The maximum absolute atomic E-state index is 12.7. The molecule has 116 valence electrons. The highest BCUT2D eigenvalue weighted by atomic mass is 32.1. The molecule has 1 amide bonds. The predicted molar refractivity (Wildman–Crippen MR) is 84.1 cm³/mol. The maximum atomic E-state index is 12.7. The zero-order chi connectivity index (χ0) is 14.8. The van der Waals surface area contributed by atoms with Crippen LogP contribution in [0.3, 0.4) is 0 Å². The number of rotatable bonds is 4. The van der Waals surface area contributed by atoms with Crippen molar-refractivity contribution >= 4 is 17.2 Å². The van der Waals surface area contributed by atoms with Crippen LogP contribution in [0, 0.1) is 5.92 Å². The second-order valence-corrected chi connectivity index (χ2v) is 7.11. The van der Waals surface area contributed by atoms with Crippen LogP contribution in [0.25, 0.3) is 0 Å². The third kappa shape index (κ3) is 3.15. The van der Waals surface area contributed by atoms with Crippen LogP contribution in [0.4, 0.5) is 0 Å². The van der Waals surface area contributed by atoms with Gasteiger partial charge in [-0.3, -0.25) is 10.1 Å². The number of hydrogen-bond donors (Lipinski definition) is 1. The summed E-state index contributed by atoms with van der Waals surface area (Å²) in [7, 11) is 0. The molecule has 1 N–H and O–H groups in total. The number of hydrogen-bond acceptors (Lipinski definition) is 4. The first-order chi connectivity index (χ1) is 10.2. The summed E-state index contributed by atoms with van der Waals surface area (Å²) in [6.07, 6.45) is 3.60. The van der Waals surface area contributed by atoms with E-state index in [1.807, 2.05) is 4.90 Å². The van der Waals surface area contributed by atoms with Crippen LogP contribution in [-0.2, 0) is 9.53 Å². The Kier molecular flexibility index (Phi) is 4.62. The highest BCUT2D eigenvalue weighted by molar-refractivity contribution is 7.07. The first kappa shape index (κ1) is 15.0. The van der Waals surface area contributed by atoms with E-state index in [-0.39, 0.29) is 24.2 Å². The van der Waals surface area contributed by atoms with Gasteiger partial charge >= 0.3 is 0 Å². The highest BCUT2D eigenvalue weighted by Crippen LogP contribution is 2.30. The molecule has 3 unspecified atom stereocenters. The second-order valence-electron chi connectivity index (χ2n) is 6.33. The molecule has 3 atom stereocenters. The Labute approximate surface area is 130 Å². The molecule has 0 radical (unpaired) electrons. The van der Waals surface area contributed by atoms with Gasteiger partial charge in [0.05, 0.1) is 12.1 Å². The third-order valence-corrected chi connectivity index (χ3v) is 5.10. The van der Waals surface area contributed by atoms with Gasteiger partial charge in [-0.05, 0) is 47.6 Å². The molecule has 2 saturated heterocycles. The van der Waals surface area contributed by atoms with Crippen molar-refractivity contribution < 1.29 is 9.53 Å². The van der Waals surface area contributed by atoms with Gasteiger partial charge in [0.1, 0.15) is 6.17 Å². The van der Waals surface area contributed by atoms with Crippen molar-refractivity contribution in [2.75, 3.05) is 13.2 Å². The van der Waals surface area contributed by atoms with Gasteiger partial charge in [-0.1, -0.05) is 13.8 Å². The number of ether oxygens (including phenoxy) is 1. The molecule has 1 aromatic rings. The Balaban J connectivity index is 1.77. The monoisotopic (exact) mass is 308 g/mol. The molecule has 2 fully saturated rings. The maximum Gasteiger partial charge on any atom is 0.241 e. The molecular weight excluding hydrogens is 284 g/mol. The van der Waals surface area contributed by atoms with Crippen molar-refractivity contribution in [3.05, 3.63) is 22.4 Å². The number of carbonyl (C=O) groups excluding carboxylic acids is 1. The fourth-order valence-electron chi connectivity index (χ4n) is 3.19. The molecule has 4 nitrogen and oxygen atoms in total. The van der Waals surface area contributed by atoms with Crippen molar-refractivity contribution in [2.45, 2.75) is 51.4 Å². The minimum atomic E-state index is -0.0847. The lowest BCUT2D eigenvalue weighted by molar-refractivity contribution is -0.133. The average molecular weight is 308 g/mol. The highest BCUT2D eigenvalue weighted by Gasteiger charge is 2.42. The van der Waals surface area contributed by atoms with E-state index in [1.165, 1.54) is 12.0 Å². The number of nitrogens with zero attached hydrogens (tertiary/aromatic N) is 1. The van der Waals surface area contributed by atoms with Gasteiger partial charge in [0.2, 0.25) is 5.91 Å². The largest absolute Gasteiger partial charge is 0.376 e. The van der Waals surface area contributed by atoms with Crippen molar-refractivity contribution in [3.63, 3.8) is 0 Å². The molecule has 21 heavy (non-hydrogen) atoms. The van der Waals surface area contributed by atoms with Gasteiger partial charge in [-0.25, -0.2) is 0 Å². The lowest BCUT2D eigenvalue weighted by atomic mass is 10.0. The smallest absolute Gasteiger partial charge is 0.241 e. The Morgan fingerprint density at radius 3 is 2.95 bits per heavy atom. The topological polar surface area (TPSA) is 41.6 Å². The van der Waals surface area contributed by atoms with Crippen molar-refractivity contribution in [1.82, 2.24) is 10.2 Å². The molecule has 5 heteroatoms. The quantitative estimate of drug-likeness (QED) is 0.930. The van der Waals surface area contributed by atoms with Crippen LogP contribution in [0.15, 0.2) is 16.8 Å². The summed E-state index contributed by atoms with van der Waals surface area (Å²) in [4.78, 5) is 14.7. The lowest BCUT2D eigenvalue weighted by Crippen LogP contribution is -2.40. The number of amides is 1. The van der Waals surface area contributed by atoms with Crippen LogP contribution in [0.1, 0.15) is 44.8 Å². The van der Waals surface area contributed by atoms with Crippen LogP contribution in [-0.4, -0.2) is 36.1 Å².